The van der Waals surface area contributed by atoms with Crippen molar-refractivity contribution in [3.05, 3.63) is 71.9 Å². The van der Waals surface area contributed by atoms with Gasteiger partial charge in [-0.25, -0.2) is 4.98 Å². The highest BCUT2D eigenvalue weighted by atomic mass is 16.3. The fraction of sp³-hybridized carbons (Fsp3) is 0.304. The van der Waals surface area contributed by atoms with Crippen molar-refractivity contribution in [2.75, 3.05) is 32.1 Å². The van der Waals surface area contributed by atoms with Gasteiger partial charge >= 0.3 is 0 Å². The van der Waals surface area contributed by atoms with Gasteiger partial charge in [0.15, 0.2) is 0 Å². The van der Waals surface area contributed by atoms with Crippen LogP contribution in [0, 0.1) is 0 Å². The first-order chi connectivity index (χ1) is 13.5. The number of piperidine rings is 1. The van der Waals surface area contributed by atoms with Gasteiger partial charge in [0.25, 0.3) is 5.91 Å². The molecule has 2 atom stereocenters. The zero-order valence-corrected chi connectivity index (χ0v) is 16.2. The Morgan fingerprint density at radius 2 is 1.89 bits per heavy atom. The highest BCUT2D eigenvalue weighted by Crippen LogP contribution is 2.32. The lowest BCUT2D eigenvalue weighted by atomic mass is 9.86. The highest BCUT2D eigenvalue weighted by molar-refractivity contribution is 5.93. The van der Waals surface area contributed by atoms with E-state index < -0.39 is 6.10 Å². The van der Waals surface area contributed by atoms with E-state index in [4.69, 9.17) is 0 Å². The zero-order valence-electron chi connectivity index (χ0n) is 16.2. The lowest BCUT2D eigenvalue weighted by Gasteiger charge is -2.37. The van der Waals surface area contributed by atoms with Crippen molar-refractivity contribution in [2.24, 2.45) is 0 Å². The van der Waals surface area contributed by atoms with E-state index in [0.29, 0.717) is 12.1 Å². The second kappa shape index (κ2) is 7.60. The average molecular weight is 375 g/mol. The molecule has 0 aliphatic carbocycles. The van der Waals surface area contributed by atoms with Crippen LogP contribution < -0.4 is 4.90 Å². The summed E-state index contributed by atoms with van der Waals surface area (Å²) >= 11 is 0. The Hall–Kier alpha value is -2.92. The van der Waals surface area contributed by atoms with Crippen molar-refractivity contribution in [3.63, 3.8) is 0 Å². The van der Waals surface area contributed by atoms with E-state index in [9.17, 15) is 9.90 Å². The molecular formula is C23H25N3O2. The molecule has 2 aromatic carbocycles. The number of anilines is 1. The van der Waals surface area contributed by atoms with E-state index in [1.165, 1.54) is 21.2 Å². The van der Waals surface area contributed by atoms with Gasteiger partial charge in [0.05, 0.1) is 11.7 Å². The fourth-order valence-electron chi connectivity index (χ4n) is 3.92. The van der Waals surface area contributed by atoms with Crippen LogP contribution in [-0.2, 0) is 0 Å². The molecule has 1 aromatic heterocycles. The molecule has 4 rings (SSSR count). The minimum Gasteiger partial charge on any atom is -0.391 e. The number of pyridine rings is 1. The van der Waals surface area contributed by atoms with Crippen LogP contribution in [0.5, 0.6) is 0 Å². The topological polar surface area (TPSA) is 56.7 Å². The molecule has 0 bridgehead atoms. The van der Waals surface area contributed by atoms with Crippen molar-refractivity contribution in [3.8, 4) is 0 Å². The van der Waals surface area contributed by atoms with Gasteiger partial charge < -0.3 is 14.9 Å². The first kappa shape index (κ1) is 18.4. The molecule has 0 saturated carbocycles. The second-order valence-electron chi connectivity index (χ2n) is 7.62. The maximum Gasteiger partial charge on any atom is 0.254 e. The third kappa shape index (κ3) is 3.58. The van der Waals surface area contributed by atoms with Gasteiger partial charge in [-0.05, 0) is 34.9 Å². The number of benzene rings is 2. The number of β-amino-alcohol motifs (C(OH)–C–C–N with tert-alkyl or cyclic N) is 1. The van der Waals surface area contributed by atoms with Crippen LogP contribution in [0.15, 0.2) is 60.8 Å². The Morgan fingerprint density at radius 1 is 1.11 bits per heavy atom. The maximum atomic E-state index is 12.0. The van der Waals surface area contributed by atoms with E-state index in [-0.39, 0.29) is 11.8 Å². The smallest absolute Gasteiger partial charge is 0.254 e. The van der Waals surface area contributed by atoms with E-state index in [2.05, 4.69) is 40.2 Å². The monoisotopic (exact) mass is 375 g/mol. The molecule has 5 heteroatoms. The lowest BCUT2D eigenvalue weighted by Crippen LogP contribution is -2.43. The normalized spacial score (nSPS) is 19.6. The molecule has 1 saturated heterocycles. The van der Waals surface area contributed by atoms with Crippen molar-refractivity contribution in [1.29, 1.82) is 0 Å². The molecule has 28 heavy (non-hydrogen) atoms. The molecule has 0 spiro atoms. The predicted octanol–water partition coefficient (Wildman–Crippen LogP) is 3.29. The summed E-state index contributed by atoms with van der Waals surface area (Å²) in [6.07, 6.45) is 2.01. The van der Waals surface area contributed by atoms with Gasteiger partial charge in [0.1, 0.15) is 5.82 Å². The third-order valence-corrected chi connectivity index (χ3v) is 5.51. The number of aromatic nitrogens is 1. The maximum absolute atomic E-state index is 12.0. The molecule has 1 N–H and O–H groups in total. The summed E-state index contributed by atoms with van der Waals surface area (Å²) < 4.78 is 0. The van der Waals surface area contributed by atoms with E-state index in [0.717, 1.165) is 18.8 Å². The number of amides is 1. The quantitative estimate of drug-likeness (QED) is 0.763. The number of hydrogen-bond acceptors (Lipinski definition) is 4. The predicted molar refractivity (Wildman–Crippen MR) is 112 cm³/mol. The van der Waals surface area contributed by atoms with Gasteiger partial charge in [-0.3, -0.25) is 4.79 Å². The Balaban J connectivity index is 1.48. The Morgan fingerprint density at radius 3 is 2.57 bits per heavy atom. The van der Waals surface area contributed by atoms with Crippen molar-refractivity contribution >= 4 is 22.5 Å². The minimum atomic E-state index is -0.459. The average Bonchev–Trinajstić information content (AvgIpc) is 2.73. The fourth-order valence-corrected chi connectivity index (χ4v) is 3.92. The molecule has 0 radical (unpaired) electrons. The molecule has 2 heterocycles. The first-order valence-corrected chi connectivity index (χ1v) is 9.62. The summed E-state index contributed by atoms with van der Waals surface area (Å²) in [5.74, 6) is 0.857. The van der Waals surface area contributed by atoms with Gasteiger partial charge in [0, 0.05) is 39.3 Å². The van der Waals surface area contributed by atoms with Gasteiger partial charge in [-0.2, -0.15) is 0 Å². The first-order valence-electron chi connectivity index (χ1n) is 9.62. The summed E-state index contributed by atoms with van der Waals surface area (Å²) in [4.78, 5) is 20.1. The van der Waals surface area contributed by atoms with Gasteiger partial charge in [-0.15, -0.1) is 0 Å². The van der Waals surface area contributed by atoms with Crippen molar-refractivity contribution in [2.45, 2.75) is 18.4 Å². The number of fused-ring (bicyclic) bond motifs is 1. The molecule has 1 amide bonds. The standard InChI is InChI=1S/C23H25N3O2/c1-25(2)23(28)19-9-10-22(24-14-19)26-12-11-20(21(27)15-26)18-8-7-16-5-3-4-6-17(16)13-18/h3-10,13-14,20-21,27H,11-12,15H2,1-2H3/t20-,21+/m1/s1. The lowest BCUT2D eigenvalue weighted by molar-refractivity contribution is 0.0827. The van der Waals surface area contributed by atoms with E-state index in [1.54, 1.807) is 26.4 Å². The van der Waals surface area contributed by atoms with Crippen molar-refractivity contribution < 1.29 is 9.90 Å². The van der Waals surface area contributed by atoms with Crippen LogP contribution in [0.25, 0.3) is 10.8 Å². The van der Waals surface area contributed by atoms with Crippen LogP contribution in [0.1, 0.15) is 28.3 Å². The number of carbonyl (C=O) groups is 1. The van der Waals surface area contributed by atoms with Crippen LogP contribution in [0.4, 0.5) is 5.82 Å². The number of hydrogen-bond donors (Lipinski definition) is 1. The van der Waals surface area contributed by atoms with Crippen LogP contribution in [-0.4, -0.2) is 54.2 Å². The molecule has 5 nitrogen and oxygen atoms in total. The third-order valence-electron chi connectivity index (χ3n) is 5.51. The van der Waals surface area contributed by atoms with Gasteiger partial charge in [0.2, 0.25) is 0 Å². The summed E-state index contributed by atoms with van der Waals surface area (Å²) in [6, 6.07) is 18.4. The second-order valence-corrected chi connectivity index (χ2v) is 7.62. The summed E-state index contributed by atoms with van der Waals surface area (Å²) in [7, 11) is 3.45. The number of carbonyl (C=O) groups excluding carboxylic acids is 1. The summed E-state index contributed by atoms with van der Waals surface area (Å²) in [5, 5.41) is 13.2. The molecule has 1 aliphatic heterocycles. The van der Waals surface area contributed by atoms with Crippen LogP contribution in [0.2, 0.25) is 0 Å². The summed E-state index contributed by atoms with van der Waals surface area (Å²) in [5.41, 5.74) is 1.76. The van der Waals surface area contributed by atoms with E-state index >= 15 is 0 Å². The molecule has 1 fully saturated rings. The molecule has 0 unspecified atom stereocenters. The molecule has 3 aromatic rings. The molecule has 1 aliphatic rings. The largest absolute Gasteiger partial charge is 0.391 e. The number of nitrogens with zero attached hydrogens (tertiary/aromatic N) is 3. The highest BCUT2D eigenvalue weighted by Gasteiger charge is 2.29. The molecular weight excluding hydrogens is 350 g/mol. The summed E-state index contributed by atoms with van der Waals surface area (Å²) in [6.45, 7) is 1.36. The number of aliphatic hydroxyl groups is 1. The van der Waals surface area contributed by atoms with Gasteiger partial charge in [-0.1, -0.05) is 42.5 Å². The Kier molecular flexibility index (Phi) is 5.01. The zero-order chi connectivity index (χ0) is 19.7. The van der Waals surface area contributed by atoms with Crippen LogP contribution >= 0.6 is 0 Å². The SMILES string of the molecule is CN(C)C(=O)c1ccc(N2CC[C@H](c3ccc4ccccc4c3)[C@@H](O)C2)nc1. The Labute approximate surface area is 165 Å². The van der Waals surface area contributed by atoms with E-state index in [1.807, 2.05) is 18.2 Å². The molecule has 144 valence electrons. The number of rotatable bonds is 3. The van der Waals surface area contributed by atoms with Crippen LogP contribution in [0.3, 0.4) is 0 Å². The minimum absolute atomic E-state index is 0.0610. The number of aliphatic hydroxyl groups excluding tert-OH is 1. The Bertz CT molecular complexity index is 985. The van der Waals surface area contributed by atoms with Crippen molar-refractivity contribution in [1.82, 2.24) is 9.88 Å².